The number of carbonyl (C=O) groups excluding carboxylic acids is 1. The van der Waals surface area contributed by atoms with Gasteiger partial charge in [0.1, 0.15) is 5.75 Å². The van der Waals surface area contributed by atoms with Crippen LogP contribution in [0.4, 0.5) is 0 Å². The number of hydrogen-bond donors (Lipinski definition) is 0. The Bertz CT molecular complexity index is 1530. The fourth-order valence-electron chi connectivity index (χ4n) is 4.25. The van der Waals surface area contributed by atoms with Gasteiger partial charge in [-0.1, -0.05) is 72.4 Å². The molecule has 0 fully saturated rings. The van der Waals surface area contributed by atoms with E-state index in [-0.39, 0.29) is 5.97 Å². The predicted octanol–water partition coefficient (Wildman–Crippen LogP) is 6.41. The van der Waals surface area contributed by atoms with Gasteiger partial charge in [0.15, 0.2) is 11.0 Å². The van der Waals surface area contributed by atoms with Gasteiger partial charge in [0.25, 0.3) is 0 Å². The maximum atomic E-state index is 11.2. The average molecular weight is 525 g/mol. The van der Waals surface area contributed by atoms with Crippen LogP contribution in [0.1, 0.15) is 18.9 Å². The van der Waals surface area contributed by atoms with Crippen LogP contribution in [0.5, 0.6) is 5.75 Å². The van der Waals surface area contributed by atoms with Crippen molar-refractivity contribution in [2.75, 3.05) is 13.7 Å². The van der Waals surface area contributed by atoms with Gasteiger partial charge in [-0.2, -0.15) is 0 Å². The Morgan fingerprint density at radius 2 is 1.71 bits per heavy atom. The normalized spacial score (nSPS) is 11.1. The maximum Gasteiger partial charge on any atom is 0.308 e. The van der Waals surface area contributed by atoms with Crippen LogP contribution in [-0.4, -0.2) is 39.4 Å². The molecule has 192 valence electrons. The highest BCUT2D eigenvalue weighted by Crippen LogP contribution is 2.34. The minimum Gasteiger partial charge on any atom is -0.427 e. The number of para-hydroxylation sites is 1. The zero-order valence-corrected chi connectivity index (χ0v) is 22.1. The van der Waals surface area contributed by atoms with Crippen molar-refractivity contribution in [2.24, 2.45) is 0 Å². The Hall–Kier alpha value is -4.01. The molecule has 0 aliphatic carbocycles. The van der Waals surface area contributed by atoms with E-state index in [1.165, 1.54) is 6.92 Å². The molecule has 0 atom stereocenters. The quantitative estimate of drug-likeness (QED) is 0.0903. The van der Waals surface area contributed by atoms with Gasteiger partial charge in [0.05, 0.1) is 11.2 Å². The number of esters is 1. The highest BCUT2D eigenvalue weighted by atomic mass is 32.2. The third-order valence-electron chi connectivity index (χ3n) is 6.03. The minimum atomic E-state index is -0.331. The van der Waals surface area contributed by atoms with Crippen LogP contribution < -0.4 is 4.74 Å². The summed E-state index contributed by atoms with van der Waals surface area (Å²) >= 11 is 1.62. The van der Waals surface area contributed by atoms with Gasteiger partial charge in [-0.3, -0.25) is 4.79 Å². The Balaban J connectivity index is 1.50. The topological polar surface area (TPSA) is 79.1 Å². The number of ether oxygens (including phenoxy) is 2. The molecule has 7 nitrogen and oxygen atoms in total. The molecule has 5 rings (SSSR count). The smallest absolute Gasteiger partial charge is 0.308 e. The first kappa shape index (κ1) is 25.6. The Kier molecular flexibility index (Phi) is 8.11. The Morgan fingerprint density at radius 1 is 0.947 bits per heavy atom. The standard InChI is InChI=1S/C30H28N4O3S/c1-21(35)37-24-15-13-22(14-16-24)20-38-30-33-32-29(34(30)17-8-18-36-2)26-19-28(23-9-4-3-5-10-23)31-27-12-7-6-11-25(26)27/h3-7,9-16,19H,8,17-18,20H2,1-2H3. The van der Waals surface area contributed by atoms with Crippen LogP contribution in [0.2, 0.25) is 0 Å². The van der Waals surface area contributed by atoms with E-state index in [9.17, 15) is 4.79 Å². The van der Waals surface area contributed by atoms with Gasteiger partial charge in [-0.25, -0.2) is 4.98 Å². The van der Waals surface area contributed by atoms with E-state index in [1.807, 2.05) is 48.5 Å². The van der Waals surface area contributed by atoms with Crippen molar-refractivity contribution in [1.82, 2.24) is 19.7 Å². The fraction of sp³-hybridized carbons (Fsp3) is 0.200. The van der Waals surface area contributed by atoms with E-state index in [0.717, 1.165) is 57.2 Å². The SMILES string of the molecule is COCCCn1c(SCc2ccc(OC(C)=O)cc2)nnc1-c1cc(-c2ccccc2)nc2ccccc12. The first-order chi connectivity index (χ1) is 18.6. The molecule has 5 aromatic rings. The van der Waals surface area contributed by atoms with E-state index >= 15 is 0 Å². The number of pyridine rings is 1. The van der Waals surface area contributed by atoms with E-state index in [2.05, 4.69) is 39.0 Å². The van der Waals surface area contributed by atoms with Crippen molar-refractivity contribution in [2.45, 2.75) is 30.8 Å². The van der Waals surface area contributed by atoms with E-state index in [0.29, 0.717) is 18.1 Å². The van der Waals surface area contributed by atoms with Crippen molar-refractivity contribution in [3.63, 3.8) is 0 Å². The molecule has 8 heteroatoms. The highest BCUT2D eigenvalue weighted by molar-refractivity contribution is 7.98. The fourth-order valence-corrected chi connectivity index (χ4v) is 5.17. The highest BCUT2D eigenvalue weighted by Gasteiger charge is 2.18. The van der Waals surface area contributed by atoms with Crippen LogP contribution in [-0.2, 0) is 21.8 Å². The van der Waals surface area contributed by atoms with Gasteiger partial charge in [0.2, 0.25) is 0 Å². The lowest BCUT2D eigenvalue weighted by molar-refractivity contribution is -0.131. The molecule has 0 spiro atoms. The van der Waals surface area contributed by atoms with Gasteiger partial charge >= 0.3 is 5.97 Å². The number of hydrogen-bond acceptors (Lipinski definition) is 7. The number of carbonyl (C=O) groups is 1. The lowest BCUT2D eigenvalue weighted by atomic mass is 10.0. The largest absolute Gasteiger partial charge is 0.427 e. The monoisotopic (exact) mass is 524 g/mol. The summed E-state index contributed by atoms with van der Waals surface area (Å²) < 4.78 is 12.7. The number of aromatic nitrogens is 4. The molecule has 2 aromatic heterocycles. The zero-order valence-electron chi connectivity index (χ0n) is 21.3. The number of rotatable bonds is 10. The summed E-state index contributed by atoms with van der Waals surface area (Å²) in [6.45, 7) is 2.76. The van der Waals surface area contributed by atoms with Crippen LogP contribution in [0.15, 0.2) is 90.1 Å². The third kappa shape index (κ3) is 5.93. The molecule has 38 heavy (non-hydrogen) atoms. The second-order valence-corrected chi connectivity index (χ2v) is 9.71. The van der Waals surface area contributed by atoms with Crippen LogP contribution >= 0.6 is 11.8 Å². The number of benzene rings is 3. The summed E-state index contributed by atoms with van der Waals surface area (Å²) in [7, 11) is 1.71. The molecule has 0 N–H and O–H groups in total. The lowest BCUT2D eigenvalue weighted by Crippen LogP contribution is -2.06. The average Bonchev–Trinajstić information content (AvgIpc) is 3.34. The van der Waals surface area contributed by atoms with Crippen LogP contribution in [0.25, 0.3) is 33.5 Å². The van der Waals surface area contributed by atoms with E-state index < -0.39 is 0 Å². The minimum absolute atomic E-state index is 0.331. The molecule has 0 saturated heterocycles. The van der Waals surface area contributed by atoms with Gasteiger partial charge < -0.3 is 14.0 Å². The first-order valence-corrected chi connectivity index (χ1v) is 13.4. The van der Waals surface area contributed by atoms with Gasteiger partial charge in [-0.15, -0.1) is 10.2 Å². The van der Waals surface area contributed by atoms with Crippen molar-refractivity contribution < 1.29 is 14.3 Å². The molecular formula is C30H28N4O3S. The first-order valence-electron chi connectivity index (χ1n) is 12.4. The van der Waals surface area contributed by atoms with Crippen molar-refractivity contribution in [3.05, 3.63) is 90.5 Å². The Morgan fingerprint density at radius 3 is 2.47 bits per heavy atom. The number of methoxy groups -OCH3 is 1. The molecule has 0 radical (unpaired) electrons. The molecule has 0 aliphatic heterocycles. The maximum absolute atomic E-state index is 11.2. The van der Waals surface area contributed by atoms with E-state index in [4.69, 9.17) is 14.5 Å². The molecule has 0 saturated carbocycles. The lowest BCUT2D eigenvalue weighted by Gasteiger charge is -2.13. The van der Waals surface area contributed by atoms with Crippen molar-refractivity contribution in [1.29, 1.82) is 0 Å². The summed E-state index contributed by atoms with van der Waals surface area (Å²) in [5, 5.41) is 11.1. The number of nitrogens with zero attached hydrogens (tertiary/aromatic N) is 4. The summed E-state index contributed by atoms with van der Waals surface area (Å²) in [4.78, 5) is 16.1. The zero-order chi connectivity index (χ0) is 26.3. The van der Waals surface area contributed by atoms with Crippen LogP contribution in [0.3, 0.4) is 0 Å². The van der Waals surface area contributed by atoms with Crippen molar-refractivity contribution in [3.8, 4) is 28.4 Å². The molecule has 2 heterocycles. The molecular weight excluding hydrogens is 496 g/mol. The third-order valence-corrected chi connectivity index (χ3v) is 7.06. The molecule has 3 aromatic carbocycles. The van der Waals surface area contributed by atoms with Crippen LogP contribution in [0, 0.1) is 0 Å². The molecule has 0 unspecified atom stereocenters. The van der Waals surface area contributed by atoms with Gasteiger partial charge in [-0.05, 0) is 36.2 Å². The summed E-state index contributed by atoms with van der Waals surface area (Å²) in [5.74, 6) is 1.72. The van der Waals surface area contributed by atoms with Crippen molar-refractivity contribution >= 4 is 28.6 Å². The molecule has 0 aliphatic rings. The second kappa shape index (κ2) is 12.0. The van der Waals surface area contributed by atoms with E-state index in [1.54, 1.807) is 31.0 Å². The summed E-state index contributed by atoms with van der Waals surface area (Å²) in [6, 6.07) is 28.0. The molecule has 0 bridgehead atoms. The number of fused-ring (bicyclic) bond motifs is 1. The summed E-state index contributed by atoms with van der Waals surface area (Å²) in [5.41, 5.74) is 4.96. The van der Waals surface area contributed by atoms with Gasteiger partial charge in [0, 0.05) is 49.5 Å². The summed E-state index contributed by atoms with van der Waals surface area (Å²) in [6.07, 6.45) is 0.834. The Labute approximate surface area is 225 Å². The number of thioether (sulfide) groups is 1. The predicted molar refractivity (Wildman–Crippen MR) is 150 cm³/mol. The second-order valence-electron chi connectivity index (χ2n) is 8.77. The molecule has 0 amide bonds.